The maximum absolute atomic E-state index is 13.5. The number of aromatic nitrogens is 2. The number of halogens is 3. The number of carbonyl (C=O) groups excluding carboxylic acids is 2. The Labute approximate surface area is 218 Å². The molecule has 0 saturated carbocycles. The molecule has 0 radical (unpaired) electrons. The molecule has 1 saturated heterocycles. The zero-order valence-electron chi connectivity index (χ0n) is 20.4. The lowest BCUT2D eigenvalue weighted by atomic mass is 10.1. The number of para-hydroxylation sites is 1. The number of hydrogen-bond acceptors (Lipinski definition) is 5. The SMILES string of the molecule is O=C(NCCCC(=O)N1CCC(S(=O)(=O)c2ccccc2)CC1)c1cn(-c2ccccc2)nc1C(F)(F)F. The van der Waals surface area contributed by atoms with Crippen molar-refractivity contribution < 1.29 is 31.2 Å². The predicted octanol–water partition coefficient (Wildman–Crippen LogP) is 3.87. The summed E-state index contributed by atoms with van der Waals surface area (Å²) < 4.78 is 67.1. The third-order valence-corrected chi connectivity index (χ3v) is 8.68. The minimum Gasteiger partial charge on any atom is -0.352 e. The molecule has 3 aromatic rings. The fourth-order valence-electron chi connectivity index (χ4n) is 4.38. The standard InChI is InChI=1S/C26H27F3N4O4S/c27-26(28,29)24-22(18-33(31-24)19-8-3-1-4-9-19)25(35)30-15-7-12-23(34)32-16-13-21(14-17-32)38(36,37)20-10-5-2-6-11-20/h1-6,8-11,18,21H,7,12-17H2,(H,30,35). The molecule has 0 atom stereocenters. The fourth-order valence-corrected chi connectivity index (χ4v) is 6.13. The van der Waals surface area contributed by atoms with E-state index in [9.17, 15) is 31.2 Å². The van der Waals surface area contributed by atoms with Crippen LogP contribution < -0.4 is 5.32 Å². The van der Waals surface area contributed by atoms with Gasteiger partial charge in [-0.25, -0.2) is 13.1 Å². The van der Waals surface area contributed by atoms with Gasteiger partial charge in [-0.2, -0.15) is 18.3 Å². The Hall–Kier alpha value is -3.67. The Balaban J connectivity index is 1.27. The Morgan fingerprint density at radius 2 is 1.58 bits per heavy atom. The largest absolute Gasteiger partial charge is 0.435 e. The normalized spacial score (nSPS) is 14.9. The van der Waals surface area contributed by atoms with Crippen molar-refractivity contribution >= 4 is 21.7 Å². The van der Waals surface area contributed by atoms with E-state index in [-0.39, 0.29) is 30.2 Å². The first kappa shape index (κ1) is 27.4. The summed E-state index contributed by atoms with van der Waals surface area (Å²) in [5.41, 5.74) is -1.51. The quantitative estimate of drug-likeness (QED) is 0.431. The van der Waals surface area contributed by atoms with E-state index in [4.69, 9.17) is 0 Å². The molecule has 0 spiro atoms. The second kappa shape index (κ2) is 11.4. The molecule has 1 aliphatic rings. The van der Waals surface area contributed by atoms with E-state index in [1.807, 2.05) is 0 Å². The number of alkyl halides is 3. The molecule has 12 heteroatoms. The molecule has 1 N–H and O–H groups in total. The monoisotopic (exact) mass is 548 g/mol. The van der Waals surface area contributed by atoms with Gasteiger partial charge in [0.05, 0.1) is 21.4 Å². The summed E-state index contributed by atoms with van der Waals surface area (Å²) in [6.45, 7) is 0.600. The number of nitrogens with zero attached hydrogens (tertiary/aromatic N) is 3. The van der Waals surface area contributed by atoms with Crippen LogP contribution in [-0.4, -0.2) is 59.8 Å². The summed E-state index contributed by atoms with van der Waals surface area (Å²) >= 11 is 0. The van der Waals surface area contributed by atoms with Gasteiger partial charge in [-0.05, 0) is 43.5 Å². The molecule has 2 aromatic carbocycles. The van der Waals surface area contributed by atoms with Gasteiger partial charge in [-0.15, -0.1) is 0 Å². The number of benzene rings is 2. The molecule has 38 heavy (non-hydrogen) atoms. The summed E-state index contributed by atoms with van der Waals surface area (Å²) in [6.07, 6.45) is -2.83. The molecular formula is C26H27F3N4O4S. The Morgan fingerprint density at radius 1 is 0.974 bits per heavy atom. The Morgan fingerprint density at radius 3 is 2.18 bits per heavy atom. The number of amides is 2. The molecule has 1 aromatic heterocycles. The number of sulfone groups is 1. The van der Waals surface area contributed by atoms with E-state index in [1.165, 1.54) is 0 Å². The highest BCUT2D eigenvalue weighted by Gasteiger charge is 2.39. The van der Waals surface area contributed by atoms with Crippen molar-refractivity contribution in [2.75, 3.05) is 19.6 Å². The third-order valence-electron chi connectivity index (χ3n) is 6.41. The molecule has 202 valence electrons. The zero-order valence-corrected chi connectivity index (χ0v) is 21.2. The smallest absolute Gasteiger partial charge is 0.352 e. The van der Waals surface area contributed by atoms with Crippen LogP contribution >= 0.6 is 0 Å². The average Bonchev–Trinajstić information content (AvgIpc) is 3.39. The van der Waals surface area contributed by atoms with Gasteiger partial charge < -0.3 is 10.2 Å². The maximum atomic E-state index is 13.5. The van der Waals surface area contributed by atoms with E-state index in [2.05, 4.69) is 10.4 Å². The molecule has 1 aliphatic heterocycles. The maximum Gasteiger partial charge on any atom is 0.435 e. The second-order valence-electron chi connectivity index (χ2n) is 8.97. The molecule has 2 heterocycles. The van der Waals surface area contributed by atoms with Crippen LogP contribution in [0.5, 0.6) is 0 Å². The van der Waals surface area contributed by atoms with Crippen LogP contribution in [0, 0.1) is 0 Å². The van der Waals surface area contributed by atoms with Crippen molar-refractivity contribution in [3.8, 4) is 5.69 Å². The lowest BCUT2D eigenvalue weighted by Gasteiger charge is -2.31. The highest BCUT2D eigenvalue weighted by molar-refractivity contribution is 7.92. The van der Waals surface area contributed by atoms with Crippen LogP contribution in [-0.2, 0) is 20.8 Å². The van der Waals surface area contributed by atoms with Crippen LogP contribution in [0.1, 0.15) is 41.7 Å². The lowest BCUT2D eigenvalue weighted by molar-refractivity contribution is -0.141. The van der Waals surface area contributed by atoms with Gasteiger partial charge >= 0.3 is 6.18 Å². The number of piperidine rings is 1. The van der Waals surface area contributed by atoms with Crippen molar-refractivity contribution in [1.29, 1.82) is 0 Å². The third kappa shape index (κ3) is 6.24. The summed E-state index contributed by atoms with van der Waals surface area (Å²) in [5, 5.41) is 5.44. The molecule has 2 amide bonds. The first-order valence-electron chi connectivity index (χ1n) is 12.1. The Kier molecular flexibility index (Phi) is 8.20. The zero-order chi connectivity index (χ0) is 27.3. The van der Waals surface area contributed by atoms with E-state index in [0.29, 0.717) is 31.6 Å². The topological polar surface area (TPSA) is 101 Å². The van der Waals surface area contributed by atoms with Crippen LogP contribution in [0.2, 0.25) is 0 Å². The number of likely N-dealkylation sites (tertiary alicyclic amines) is 1. The number of hydrogen-bond donors (Lipinski definition) is 1. The minimum atomic E-state index is -4.82. The summed E-state index contributed by atoms with van der Waals surface area (Å²) in [5.74, 6) is -1.12. The van der Waals surface area contributed by atoms with Crippen molar-refractivity contribution in [1.82, 2.24) is 20.0 Å². The Bertz CT molecular complexity index is 1370. The van der Waals surface area contributed by atoms with E-state index in [1.54, 1.807) is 65.6 Å². The average molecular weight is 549 g/mol. The van der Waals surface area contributed by atoms with E-state index >= 15 is 0 Å². The van der Waals surface area contributed by atoms with Gasteiger partial charge in [0.15, 0.2) is 15.5 Å². The van der Waals surface area contributed by atoms with Gasteiger partial charge in [0.1, 0.15) is 0 Å². The molecule has 0 aliphatic carbocycles. The highest BCUT2D eigenvalue weighted by Crippen LogP contribution is 2.31. The highest BCUT2D eigenvalue weighted by atomic mass is 32.2. The predicted molar refractivity (Wildman–Crippen MR) is 133 cm³/mol. The van der Waals surface area contributed by atoms with Crippen LogP contribution in [0.15, 0.2) is 71.8 Å². The molecule has 1 fully saturated rings. The van der Waals surface area contributed by atoms with Crippen molar-refractivity contribution in [2.45, 2.75) is 42.0 Å². The molecule has 4 rings (SSSR count). The van der Waals surface area contributed by atoms with Crippen molar-refractivity contribution in [3.05, 3.63) is 78.1 Å². The first-order chi connectivity index (χ1) is 18.1. The molecule has 8 nitrogen and oxygen atoms in total. The fraction of sp³-hybridized carbons (Fsp3) is 0.346. The van der Waals surface area contributed by atoms with E-state index in [0.717, 1.165) is 10.9 Å². The lowest BCUT2D eigenvalue weighted by Crippen LogP contribution is -2.42. The van der Waals surface area contributed by atoms with Crippen LogP contribution in [0.4, 0.5) is 13.2 Å². The summed E-state index contributed by atoms with van der Waals surface area (Å²) in [7, 11) is -3.47. The van der Waals surface area contributed by atoms with Crippen LogP contribution in [0.25, 0.3) is 5.69 Å². The summed E-state index contributed by atoms with van der Waals surface area (Å²) in [6, 6.07) is 16.3. The van der Waals surface area contributed by atoms with Crippen molar-refractivity contribution in [2.24, 2.45) is 0 Å². The van der Waals surface area contributed by atoms with Gasteiger partial charge in [0, 0.05) is 32.3 Å². The van der Waals surface area contributed by atoms with Crippen LogP contribution in [0.3, 0.4) is 0 Å². The number of carbonyl (C=O) groups is 2. The molecular weight excluding hydrogens is 521 g/mol. The molecule has 0 unspecified atom stereocenters. The second-order valence-corrected chi connectivity index (χ2v) is 11.2. The van der Waals surface area contributed by atoms with Crippen molar-refractivity contribution in [3.63, 3.8) is 0 Å². The number of rotatable bonds is 8. The van der Waals surface area contributed by atoms with Gasteiger partial charge in [-0.1, -0.05) is 36.4 Å². The molecule has 0 bridgehead atoms. The minimum absolute atomic E-state index is 0.00274. The first-order valence-corrected chi connectivity index (χ1v) is 13.7. The van der Waals surface area contributed by atoms with Gasteiger partial charge in [0.2, 0.25) is 5.91 Å². The van der Waals surface area contributed by atoms with E-state index < -0.39 is 38.4 Å². The van der Waals surface area contributed by atoms with Gasteiger partial charge in [-0.3, -0.25) is 9.59 Å². The van der Waals surface area contributed by atoms with Gasteiger partial charge in [0.25, 0.3) is 5.91 Å². The number of nitrogens with one attached hydrogen (secondary N) is 1. The summed E-state index contributed by atoms with van der Waals surface area (Å²) in [4.78, 5) is 27.0.